The first-order valence-electron chi connectivity index (χ1n) is 6.79. The highest BCUT2D eigenvalue weighted by molar-refractivity contribution is 6.07. The van der Waals surface area contributed by atoms with Crippen LogP contribution in [0.4, 0.5) is 0 Å². The van der Waals surface area contributed by atoms with Crippen LogP contribution in [0.25, 0.3) is 21.8 Å². The third-order valence-electron chi connectivity index (χ3n) is 3.00. The molecule has 0 unspecified atom stereocenters. The van der Waals surface area contributed by atoms with Crippen molar-refractivity contribution in [3.63, 3.8) is 0 Å². The molecule has 94 valence electrons. The maximum absolute atomic E-state index is 2.37. The molecule has 0 saturated carbocycles. The second-order valence-electron chi connectivity index (χ2n) is 4.49. The van der Waals surface area contributed by atoms with Crippen LogP contribution in [-0.2, 0) is 6.54 Å². The van der Waals surface area contributed by atoms with E-state index in [9.17, 15) is 0 Å². The summed E-state index contributed by atoms with van der Waals surface area (Å²) >= 11 is 0. The number of rotatable bonds is 1. The molecule has 0 aliphatic rings. The maximum Gasteiger partial charge on any atom is 0.0491 e. The van der Waals surface area contributed by atoms with Gasteiger partial charge in [-0.2, -0.15) is 0 Å². The summed E-state index contributed by atoms with van der Waals surface area (Å²) in [6, 6.07) is 17.2. The molecule has 2 aromatic carbocycles. The maximum atomic E-state index is 2.37. The normalized spacial score (nSPS) is 10.4. The molecular weight excluding hydrogens is 218 g/mol. The van der Waals surface area contributed by atoms with E-state index in [4.69, 9.17) is 0 Å². The molecule has 18 heavy (non-hydrogen) atoms. The van der Waals surface area contributed by atoms with Crippen molar-refractivity contribution in [3.05, 3.63) is 48.5 Å². The summed E-state index contributed by atoms with van der Waals surface area (Å²) < 4.78 is 2.37. The van der Waals surface area contributed by atoms with E-state index in [1.165, 1.54) is 28.2 Å². The van der Waals surface area contributed by atoms with Crippen molar-refractivity contribution in [3.8, 4) is 0 Å². The van der Waals surface area contributed by atoms with Crippen LogP contribution in [0, 0.1) is 0 Å². The average Bonchev–Trinajstić information content (AvgIpc) is 2.73. The number of para-hydroxylation sites is 2. The van der Waals surface area contributed by atoms with Crippen molar-refractivity contribution in [2.75, 3.05) is 0 Å². The molecule has 1 heteroatoms. The standard InChI is InChI=1S/C14H13N.C3H8/c1-2-15-13-9-5-3-7-11(13)12-8-4-6-10-14(12)15;1-3-2/h3-10H,2H2,1H3;3H2,1-2H3. The van der Waals surface area contributed by atoms with E-state index < -0.39 is 0 Å². The molecule has 1 nitrogen and oxygen atoms in total. The van der Waals surface area contributed by atoms with E-state index in [1.54, 1.807) is 0 Å². The van der Waals surface area contributed by atoms with Gasteiger partial charge in [-0.25, -0.2) is 0 Å². The first kappa shape index (κ1) is 12.7. The quantitative estimate of drug-likeness (QED) is 0.548. The molecule has 0 aliphatic carbocycles. The fourth-order valence-electron chi connectivity index (χ4n) is 2.34. The molecule has 0 atom stereocenters. The molecule has 0 amide bonds. The van der Waals surface area contributed by atoms with Crippen LogP contribution in [0.5, 0.6) is 0 Å². The van der Waals surface area contributed by atoms with Gasteiger partial charge in [-0.1, -0.05) is 56.7 Å². The van der Waals surface area contributed by atoms with Gasteiger partial charge in [-0.05, 0) is 19.1 Å². The highest BCUT2D eigenvalue weighted by Crippen LogP contribution is 2.28. The van der Waals surface area contributed by atoms with Crippen molar-refractivity contribution in [1.82, 2.24) is 4.57 Å². The number of hydrogen-bond donors (Lipinski definition) is 0. The Morgan fingerprint density at radius 2 is 1.11 bits per heavy atom. The van der Waals surface area contributed by atoms with Gasteiger partial charge in [0, 0.05) is 28.4 Å². The lowest BCUT2D eigenvalue weighted by Gasteiger charge is -2.01. The SMILES string of the molecule is CCC.CCn1c2ccccc2c2ccccc21. The highest BCUT2D eigenvalue weighted by atomic mass is 15.0. The summed E-state index contributed by atoms with van der Waals surface area (Å²) in [5.41, 5.74) is 2.67. The predicted molar refractivity (Wildman–Crippen MR) is 81.1 cm³/mol. The largest absolute Gasteiger partial charge is 0.341 e. The van der Waals surface area contributed by atoms with Gasteiger partial charge in [-0.3, -0.25) is 0 Å². The van der Waals surface area contributed by atoms with Crippen LogP contribution in [0.3, 0.4) is 0 Å². The first-order chi connectivity index (χ1) is 8.83. The molecule has 0 N–H and O–H groups in total. The van der Waals surface area contributed by atoms with E-state index in [0.29, 0.717) is 0 Å². The Morgan fingerprint density at radius 1 is 0.722 bits per heavy atom. The van der Waals surface area contributed by atoms with Crippen molar-refractivity contribution in [2.45, 2.75) is 33.7 Å². The molecule has 0 saturated heterocycles. The lowest BCUT2D eigenvalue weighted by molar-refractivity contribution is 0.827. The zero-order valence-corrected chi connectivity index (χ0v) is 11.5. The molecule has 1 aromatic heterocycles. The van der Waals surface area contributed by atoms with E-state index in [2.05, 4.69) is 73.9 Å². The zero-order chi connectivity index (χ0) is 13.0. The lowest BCUT2D eigenvalue weighted by Crippen LogP contribution is -1.91. The van der Waals surface area contributed by atoms with Gasteiger partial charge in [-0.15, -0.1) is 0 Å². The van der Waals surface area contributed by atoms with Crippen molar-refractivity contribution in [2.24, 2.45) is 0 Å². The lowest BCUT2D eigenvalue weighted by atomic mass is 10.2. The number of hydrogen-bond acceptors (Lipinski definition) is 0. The predicted octanol–water partition coefficient (Wildman–Crippen LogP) is 5.23. The van der Waals surface area contributed by atoms with E-state index in [-0.39, 0.29) is 0 Å². The van der Waals surface area contributed by atoms with Gasteiger partial charge in [0.05, 0.1) is 0 Å². The number of nitrogens with zero attached hydrogens (tertiary/aromatic N) is 1. The van der Waals surface area contributed by atoms with Crippen molar-refractivity contribution < 1.29 is 0 Å². The molecule has 3 rings (SSSR count). The Bertz CT molecular complexity index is 581. The molecule has 0 radical (unpaired) electrons. The molecule has 1 heterocycles. The molecule has 0 fully saturated rings. The van der Waals surface area contributed by atoms with Crippen molar-refractivity contribution in [1.29, 1.82) is 0 Å². The van der Waals surface area contributed by atoms with Crippen molar-refractivity contribution >= 4 is 21.8 Å². The fraction of sp³-hybridized carbons (Fsp3) is 0.294. The summed E-state index contributed by atoms with van der Waals surface area (Å²) in [4.78, 5) is 0. The van der Waals surface area contributed by atoms with Crippen LogP contribution in [0.1, 0.15) is 27.2 Å². The zero-order valence-electron chi connectivity index (χ0n) is 11.5. The minimum Gasteiger partial charge on any atom is -0.341 e. The van der Waals surface area contributed by atoms with Crippen LogP contribution in [0.2, 0.25) is 0 Å². The number of aryl methyl sites for hydroxylation is 1. The molecule has 3 aromatic rings. The van der Waals surface area contributed by atoms with Gasteiger partial charge in [0.1, 0.15) is 0 Å². The average molecular weight is 239 g/mol. The summed E-state index contributed by atoms with van der Waals surface area (Å²) in [6.45, 7) is 7.47. The minimum absolute atomic E-state index is 1.02. The summed E-state index contributed by atoms with van der Waals surface area (Å²) in [7, 11) is 0. The van der Waals surface area contributed by atoms with Crippen LogP contribution in [-0.4, -0.2) is 4.57 Å². The van der Waals surface area contributed by atoms with Crippen LogP contribution in [0.15, 0.2) is 48.5 Å². The Balaban J connectivity index is 0.000000367. The van der Waals surface area contributed by atoms with Gasteiger partial charge in [0.25, 0.3) is 0 Å². The van der Waals surface area contributed by atoms with Gasteiger partial charge in [0.2, 0.25) is 0 Å². The molecule has 0 aliphatic heterocycles. The minimum atomic E-state index is 1.02. The van der Waals surface area contributed by atoms with Gasteiger partial charge in [0.15, 0.2) is 0 Å². The molecule has 0 bridgehead atoms. The Morgan fingerprint density at radius 3 is 1.50 bits per heavy atom. The number of benzene rings is 2. The number of aromatic nitrogens is 1. The third-order valence-corrected chi connectivity index (χ3v) is 3.00. The number of fused-ring (bicyclic) bond motifs is 3. The molecule has 0 spiro atoms. The van der Waals surface area contributed by atoms with Crippen LogP contribution < -0.4 is 0 Å². The van der Waals surface area contributed by atoms with E-state index in [1.807, 2.05) is 0 Å². The smallest absolute Gasteiger partial charge is 0.0491 e. The first-order valence-corrected chi connectivity index (χ1v) is 6.79. The fourth-order valence-corrected chi connectivity index (χ4v) is 2.34. The Kier molecular flexibility index (Phi) is 4.03. The third kappa shape index (κ3) is 2.13. The van der Waals surface area contributed by atoms with E-state index >= 15 is 0 Å². The summed E-state index contributed by atoms with van der Waals surface area (Å²) in [5.74, 6) is 0. The highest BCUT2D eigenvalue weighted by Gasteiger charge is 2.06. The van der Waals surface area contributed by atoms with Gasteiger partial charge >= 0.3 is 0 Å². The second kappa shape index (κ2) is 5.72. The summed E-state index contributed by atoms with van der Waals surface area (Å²) in [5, 5.41) is 2.71. The Hall–Kier alpha value is -1.76. The topological polar surface area (TPSA) is 4.93 Å². The molecular formula is C17H21N. The van der Waals surface area contributed by atoms with Gasteiger partial charge < -0.3 is 4.57 Å². The monoisotopic (exact) mass is 239 g/mol. The second-order valence-corrected chi connectivity index (χ2v) is 4.49. The summed E-state index contributed by atoms with van der Waals surface area (Å²) in [6.07, 6.45) is 1.25. The van der Waals surface area contributed by atoms with Crippen LogP contribution >= 0.6 is 0 Å². The van der Waals surface area contributed by atoms with E-state index in [0.717, 1.165) is 6.54 Å². The Labute approximate surface area is 109 Å².